The maximum absolute atomic E-state index is 11.0. The maximum Gasteiger partial charge on any atom is 0.308 e. The van der Waals surface area contributed by atoms with E-state index in [2.05, 4.69) is 0 Å². The number of non-ortho nitro benzene ring substituents is 1. The van der Waals surface area contributed by atoms with E-state index in [0.29, 0.717) is 17.0 Å². The van der Waals surface area contributed by atoms with Gasteiger partial charge in [0.25, 0.3) is 5.69 Å². The second kappa shape index (κ2) is 16.8. The standard InChI is InChI=1S/C12H13NO6.C12H15NO4.CH3.Pd/c1-7(18-8(2)14)11-6-10(13(16)17)4-5-12(11)19-9(3)15;1-7(16-8(2)14)11-6-10(13)4-5-12(11)17-9(3)15;;/h4-7H,1-3H3;4-7H,13H2,1-3H3;1H3;/q;;-1;. The van der Waals surface area contributed by atoms with Gasteiger partial charge in [-0.2, -0.15) is 0 Å². The molecule has 0 amide bonds. The average Bonchev–Trinajstić information content (AvgIpc) is 2.73. The smallest absolute Gasteiger partial charge is 0.308 e. The molecule has 2 atom stereocenters. The van der Waals surface area contributed by atoms with Crippen molar-refractivity contribution in [2.75, 3.05) is 5.73 Å². The number of ether oxygens (including phenoxy) is 4. The van der Waals surface area contributed by atoms with Crippen LogP contribution in [-0.2, 0) is 49.1 Å². The fourth-order valence-electron chi connectivity index (χ4n) is 2.97. The van der Waals surface area contributed by atoms with Crippen molar-refractivity contribution in [1.82, 2.24) is 0 Å². The first-order valence-corrected chi connectivity index (χ1v) is 10.6. The molecule has 2 aromatic rings. The molecule has 0 aliphatic rings. The molecule has 13 heteroatoms. The predicted octanol–water partition coefficient (Wildman–Crippen LogP) is 4.41. The summed E-state index contributed by atoms with van der Waals surface area (Å²) in [5.41, 5.74) is 6.81. The SMILES string of the molecule is CC(=O)Oc1ccc(N)cc1C(C)OC(C)=O.CC(=O)Oc1ccc([N+](=O)[O-])cc1C(C)OC(C)=O.[CH3-].[Pd]. The number of nitrogen functional groups attached to an aromatic ring is 1. The van der Waals surface area contributed by atoms with Crippen LogP contribution in [0.25, 0.3) is 0 Å². The molecule has 0 saturated heterocycles. The summed E-state index contributed by atoms with van der Waals surface area (Å²) in [5.74, 6) is -1.47. The van der Waals surface area contributed by atoms with Crippen molar-refractivity contribution in [2.24, 2.45) is 0 Å². The summed E-state index contributed by atoms with van der Waals surface area (Å²) >= 11 is 0. The third-order valence-electron chi connectivity index (χ3n) is 4.31. The summed E-state index contributed by atoms with van der Waals surface area (Å²) in [7, 11) is 0. The van der Waals surface area contributed by atoms with Crippen molar-refractivity contribution in [2.45, 2.75) is 53.8 Å². The Morgan fingerprint density at radius 1 is 0.763 bits per heavy atom. The number of rotatable bonds is 7. The van der Waals surface area contributed by atoms with Crippen LogP contribution in [0, 0.1) is 17.5 Å². The Bertz CT molecular complexity index is 1150. The van der Waals surface area contributed by atoms with Crippen LogP contribution in [0.1, 0.15) is 64.9 Å². The van der Waals surface area contributed by atoms with Gasteiger partial charge in [-0.25, -0.2) is 0 Å². The zero-order chi connectivity index (χ0) is 27.6. The molecule has 0 heterocycles. The zero-order valence-electron chi connectivity index (χ0n) is 22.0. The van der Waals surface area contributed by atoms with Gasteiger partial charge in [-0.3, -0.25) is 29.3 Å². The van der Waals surface area contributed by atoms with E-state index < -0.39 is 41.0 Å². The van der Waals surface area contributed by atoms with Gasteiger partial charge in [-0.1, -0.05) is 0 Å². The Labute approximate surface area is 234 Å². The first-order valence-electron chi connectivity index (χ1n) is 10.6. The van der Waals surface area contributed by atoms with Crippen molar-refractivity contribution in [3.63, 3.8) is 0 Å². The van der Waals surface area contributed by atoms with E-state index in [4.69, 9.17) is 24.7 Å². The van der Waals surface area contributed by atoms with Crippen molar-refractivity contribution in [1.29, 1.82) is 0 Å². The van der Waals surface area contributed by atoms with E-state index in [1.165, 1.54) is 52.8 Å². The number of nitro groups is 1. The number of benzene rings is 2. The molecule has 0 saturated carbocycles. The molecule has 12 nitrogen and oxygen atoms in total. The van der Waals surface area contributed by atoms with Gasteiger partial charge >= 0.3 is 23.9 Å². The Kier molecular flexibility index (Phi) is 16.1. The Morgan fingerprint density at radius 3 is 1.53 bits per heavy atom. The Hall–Kier alpha value is -3.82. The number of esters is 4. The fourth-order valence-corrected chi connectivity index (χ4v) is 2.97. The van der Waals surface area contributed by atoms with Crippen LogP contribution in [0.5, 0.6) is 11.5 Å². The molecular formula is C25H31N2O10Pd-. The number of nitro benzene ring substituents is 1. The number of carbonyl (C=O) groups excluding carboxylic acids is 4. The first-order chi connectivity index (χ1) is 16.7. The van der Waals surface area contributed by atoms with Gasteiger partial charge in [0.05, 0.1) is 4.92 Å². The van der Waals surface area contributed by atoms with Gasteiger partial charge in [0, 0.05) is 77.1 Å². The van der Waals surface area contributed by atoms with Crippen molar-refractivity contribution in [3.05, 3.63) is 65.1 Å². The number of nitrogens with zero attached hydrogens (tertiary/aromatic N) is 1. The topological polar surface area (TPSA) is 174 Å². The number of carbonyl (C=O) groups is 4. The molecule has 2 rings (SSSR count). The van der Waals surface area contributed by atoms with Crippen LogP contribution < -0.4 is 15.2 Å². The molecule has 2 aromatic carbocycles. The molecule has 0 spiro atoms. The van der Waals surface area contributed by atoms with Gasteiger partial charge in [-0.05, 0) is 38.1 Å². The maximum atomic E-state index is 11.0. The van der Waals surface area contributed by atoms with Crippen molar-refractivity contribution < 1.29 is 63.5 Å². The summed E-state index contributed by atoms with van der Waals surface area (Å²) in [6.07, 6.45) is -1.28. The molecule has 0 aromatic heterocycles. The van der Waals surface area contributed by atoms with Crippen molar-refractivity contribution in [3.8, 4) is 11.5 Å². The average molecular weight is 626 g/mol. The summed E-state index contributed by atoms with van der Waals surface area (Å²) < 4.78 is 19.9. The normalized spacial score (nSPS) is 11.0. The molecule has 0 radical (unpaired) electrons. The van der Waals surface area contributed by atoms with E-state index >= 15 is 0 Å². The summed E-state index contributed by atoms with van der Waals surface area (Å²) in [6.45, 7) is 8.27. The molecule has 38 heavy (non-hydrogen) atoms. The minimum absolute atomic E-state index is 0. The number of hydrogen-bond acceptors (Lipinski definition) is 11. The summed E-state index contributed by atoms with van der Waals surface area (Å²) in [5, 5.41) is 10.7. The molecule has 2 unspecified atom stereocenters. The van der Waals surface area contributed by atoms with E-state index in [-0.39, 0.29) is 44.8 Å². The number of hydrogen-bond donors (Lipinski definition) is 1. The van der Waals surface area contributed by atoms with Crippen LogP contribution in [0.15, 0.2) is 36.4 Å². The van der Waals surface area contributed by atoms with Crippen LogP contribution in [0.2, 0.25) is 0 Å². The molecule has 0 bridgehead atoms. The minimum Gasteiger partial charge on any atom is -0.458 e. The molecule has 2 N–H and O–H groups in total. The van der Waals surface area contributed by atoms with Crippen LogP contribution in [0.3, 0.4) is 0 Å². The van der Waals surface area contributed by atoms with Gasteiger partial charge in [0.15, 0.2) is 0 Å². The van der Waals surface area contributed by atoms with Crippen LogP contribution in [0.4, 0.5) is 11.4 Å². The van der Waals surface area contributed by atoms with Gasteiger partial charge in [0.2, 0.25) is 0 Å². The van der Waals surface area contributed by atoms with E-state index in [1.54, 1.807) is 25.1 Å². The second-order valence-corrected chi connectivity index (χ2v) is 7.47. The zero-order valence-corrected chi connectivity index (χ0v) is 23.6. The molecule has 0 aliphatic heterocycles. The number of nitrogens with two attached hydrogens (primary N) is 1. The monoisotopic (exact) mass is 625 g/mol. The summed E-state index contributed by atoms with van der Waals surface area (Å²) in [6, 6.07) is 8.53. The van der Waals surface area contributed by atoms with Gasteiger partial charge in [-0.15, -0.1) is 0 Å². The first kappa shape index (κ1) is 36.3. The number of anilines is 1. The fraction of sp³-hybridized carbons (Fsp3) is 0.320. The Morgan fingerprint density at radius 2 is 1.16 bits per heavy atom. The largest absolute Gasteiger partial charge is 0.458 e. The molecule has 212 valence electrons. The predicted molar refractivity (Wildman–Crippen MR) is 133 cm³/mol. The van der Waals surface area contributed by atoms with Gasteiger partial charge < -0.3 is 32.1 Å². The third-order valence-corrected chi connectivity index (χ3v) is 4.31. The van der Waals surface area contributed by atoms with Crippen LogP contribution in [-0.4, -0.2) is 28.8 Å². The second-order valence-electron chi connectivity index (χ2n) is 7.47. The van der Waals surface area contributed by atoms with Crippen molar-refractivity contribution >= 4 is 35.3 Å². The van der Waals surface area contributed by atoms with E-state index in [0.717, 1.165) is 0 Å². The molecule has 0 fully saturated rings. The summed E-state index contributed by atoms with van der Waals surface area (Å²) in [4.78, 5) is 53.8. The van der Waals surface area contributed by atoms with Gasteiger partial charge in [0.1, 0.15) is 23.7 Å². The van der Waals surface area contributed by atoms with Crippen LogP contribution >= 0.6 is 0 Å². The minimum atomic E-state index is -0.758. The quantitative estimate of drug-likeness (QED) is 0.0877. The Balaban J connectivity index is 0. The molecule has 0 aliphatic carbocycles. The van der Waals surface area contributed by atoms with E-state index in [9.17, 15) is 29.3 Å². The third kappa shape index (κ3) is 12.4. The molecular weight excluding hydrogens is 595 g/mol. The van der Waals surface area contributed by atoms with E-state index in [1.807, 2.05) is 0 Å².